The number of allylic oxidation sites excluding steroid dienone is 1. The van der Waals surface area contributed by atoms with Gasteiger partial charge in [-0.15, -0.1) is 0 Å². The molecular formula is C12H12FNO. The maximum Gasteiger partial charge on any atom is 0.140 e. The Kier molecular flexibility index (Phi) is 4.52. The maximum absolute atomic E-state index is 12.9. The lowest BCUT2D eigenvalue weighted by molar-refractivity contribution is 0.148. The van der Waals surface area contributed by atoms with Crippen LogP contribution in [-0.4, -0.2) is 6.61 Å². The first kappa shape index (κ1) is 11.4. The van der Waals surface area contributed by atoms with Gasteiger partial charge in [-0.1, -0.05) is 18.2 Å². The van der Waals surface area contributed by atoms with Crippen LogP contribution in [0.2, 0.25) is 0 Å². The van der Waals surface area contributed by atoms with Gasteiger partial charge in [0, 0.05) is 0 Å². The number of nitrogens with zero attached hydrogens (tertiary/aromatic N) is 1. The Morgan fingerprint density at radius 3 is 3.00 bits per heavy atom. The smallest absolute Gasteiger partial charge is 0.140 e. The van der Waals surface area contributed by atoms with Crippen molar-refractivity contribution in [3.63, 3.8) is 0 Å². The van der Waals surface area contributed by atoms with Gasteiger partial charge in [-0.3, -0.25) is 0 Å². The van der Waals surface area contributed by atoms with Gasteiger partial charge in [-0.2, -0.15) is 5.26 Å². The van der Waals surface area contributed by atoms with Crippen LogP contribution in [0.15, 0.2) is 30.4 Å². The predicted molar refractivity (Wildman–Crippen MR) is 55.6 cm³/mol. The minimum Gasteiger partial charge on any atom is -0.373 e. The van der Waals surface area contributed by atoms with Crippen LogP contribution in [0.5, 0.6) is 0 Å². The Labute approximate surface area is 88.6 Å². The lowest BCUT2D eigenvalue weighted by Gasteiger charge is -2.02. The number of rotatable bonds is 4. The molecule has 0 saturated heterocycles. The van der Waals surface area contributed by atoms with Gasteiger partial charge in [0.15, 0.2) is 0 Å². The van der Waals surface area contributed by atoms with E-state index in [1.165, 1.54) is 12.1 Å². The molecule has 0 aliphatic rings. The number of benzene rings is 1. The van der Waals surface area contributed by atoms with E-state index in [1.807, 2.05) is 19.1 Å². The molecule has 0 heterocycles. The third-order valence-corrected chi connectivity index (χ3v) is 1.87. The van der Waals surface area contributed by atoms with Crippen LogP contribution >= 0.6 is 0 Å². The van der Waals surface area contributed by atoms with Gasteiger partial charge in [-0.25, -0.2) is 4.39 Å². The molecule has 0 aliphatic heterocycles. The molecule has 0 spiro atoms. The molecule has 0 fully saturated rings. The highest BCUT2D eigenvalue weighted by atomic mass is 19.1. The monoisotopic (exact) mass is 205 g/mol. The van der Waals surface area contributed by atoms with Crippen molar-refractivity contribution in [2.75, 3.05) is 6.61 Å². The fourth-order valence-electron chi connectivity index (χ4n) is 1.09. The van der Waals surface area contributed by atoms with E-state index in [0.717, 1.165) is 5.56 Å². The molecule has 0 N–H and O–H groups in total. The van der Waals surface area contributed by atoms with E-state index >= 15 is 0 Å². The van der Waals surface area contributed by atoms with Crippen molar-refractivity contribution >= 4 is 0 Å². The number of nitriles is 1. The van der Waals surface area contributed by atoms with Gasteiger partial charge < -0.3 is 4.74 Å². The summed E-state index contributed by atoms with van der Waals surface area (Å²) in [5.74, 6) is -0.491. The Bertz CT molecular complexity index is 393. The van der Waals surface area contributed by atoms with E-state index in [1.54, 1.807) is 12.1 Å². The van der Waals surface area contributed by atoms with E-state index in [0.29, 0.717) is 13.2 Å². The summed E-state index contributed by atoms with van der Waals surface area (Å²) in [5.41, 5.74) is 0.861. The first-order valence-corrected chi connectivity index (χ1v) is 4.65. The lowest BCUT2D eigenvalue weighted by atomic mass is 10.1. The van der Waals surface area contributed by atoms with Crippen LogP contribution in [0.3, 0.4) is 0 Å². The van der Waals surface area contributed by atoms with E-state index in [9.17, 15) is 4.39 Å². The molecular weight excluding hydrogens is 193 g/mol. The minimum absolute atomic E-state index is 0.0575. The normalized spacial score (nSPS) is 10.5. The largest absolute Gasteiger partial charge is 0.373 e. The average Bonchev–Trinajstić information content (AvgIpc) is 2.26. The second-order valence-corrected chi connectivity index (χ2v) is 3.01. The molecule has 0 unspecified atom stereocenters. The number of hydrogen-bond acceptors (Lipinski definition) is 2. The molecule has 1 aromatic carbocycles. The molecule has 0 aliphatic carbocycles. The molecule has 0 aromatic heterocycles. The van der Waals surface area contributed by atoms with E-state index < -0.39 is 5.82 Å². The molecule has 0 saturated carbocycles. The Balaban J connectivity index is 2.59. The first-order chi connectivity index (χ1) is 7.27. The summed E-state index contributed by atoms with van der Waals surface area (Å²) >= 11 is 0. The molecule has 0 amide bonds. The summed E-state index contributed by atoms with van der Waals surface area (Å²) in [4.78, 5) is 0. The zero-order valence-electron chi connectivity index (χ0n) is 8.53. The summed E-state index contributed by atoms with van der Waals surface area (Å²) in [5, 5.41) is 8.61. The molecule has 0 radical (unpaired) electrons. The molecule has 0 bridgehead atoms. The van der Waals surface area contributed by atoms with Crippen LogP contribution in [0.4, 0.5) is 4.39 Å². The predicted octanol–water partition coefficient (Wildman–Crippen LogP) is 2.79. The standard InChI is InChI=1S/C12H12FNO/c1-2-3-6-15-9-10-4-5-12(13)11(7-10)8-14/h2-5,7H,6,9H2,1H3/b3-2+. The molecule has 2 nitrogen and oxygen atoms in total. The van der Waals surface area contributed by atoms with Crippen molar-refractivity contribution in [2.45, 2.75) is 13.5 Å². The Morgan fingerprint density at radius 1 is 1.53 bits per heavy atom. The van der Waals surface area contributed by atoms with Crippen LogP contribution in [0.1, 0.15) is 18.1 Å². The van der Waals surface area contributed by atoms with Gasteiger partial charge in [-0.05, 0) is 24.6 Å². The lowest BCUT2D eigenvalue weighted by Crippen LogP contribution is -1.94. The molecule has 1 aromatic rings. The SMILES string of the molecule is C/C=C/COCc1ccc(F)c(C#N)c1. The maximum atomic E-state index is 12.9. The summed E-state index contributed by atoms with van der Waals surface area (Å²) < 4.78 is 18.2. The van der Waals surface area contributed by atoms with E-state index in [-0.39, 0.29) is 5.56 Å². The van der Waals surface area contributed by atoms with Crippen molar-refractivity contribution < 1.29 is 9.13 Å². The number of halogens is 1. The van der Waals surface area contributed by atoms with Gasteiger partial charge in [0.25, 0.3) is 0 Å². The summed E-state index contributed by atoms with van der Waals surface area (Å²) in [6, 6.07) is 6.20. The van der Waals surface area contributed by atoms with E-state index in [4.69, 9.17) is 10.00 Å². The zero-order valence-corrected chi connectivity index (χ0v) is 8.53. The second kappa shape index (κ2) is 5.94. The van der Waals surface area contributed by atoms with Crippen molar-refractivity contribution in [1.29, 1.82) is 5.26 Å². The third-order valence-electron chi connectivity index (χ3n) is 1.87. The van der Waals surface area contributed by atoms with Crippen LogP contribution in [0, 0.1) is 17.1 Å². The quantitative estimate of drug-likeness (QED) is 0.559. The van der Waals surface area contributed by atoms with Crippen molar-refractivity contribution in [3.05, 3.63) is 47.3 Å². The molecule has 0 atom stereocenters. The van der Waals surface area contributed by atoms with Crippen LogP contribution in [-0.2, 0) is 11.3 Å². The molecule has 3 heteroatoms. The summed E-state index contributed by atoms with van der Waals surface area (Å²) in [7, 11) is 0. The van der Waals surface area contributed by atoms with Gasteiger partial charge in [0.05, 0.1) is 18.8 Å². The Hall–Kier alpha value is -1.66. The van der Waals surface area contributed by atoms with Crippen molar-refractivity contribution in [1.82, 2.24) is 0 Å². The fraction of sp³-hybridized carbons (Fsp3) is 0.250. The highest BCUT2D eigenvalue weighted by molar-refractivity contribution is 5.34. The first-order valence-electron chi connectivity index (χ1n) is 4.65. The second-order valence-electron chi connectivity index (χ2n) is 3.01. The van der Waals surface area contributed by atoms with Gasteiger partial charge >= 0.3 is 0 Å². The Morgan fingerprint density at radius 2 is 2.33 bits per heavy atom. The number of hydrogen-bond donors (Lipinski definition) is 0. The van der Waals surface area contributed by atoms with E-state index in [2.05, 4.69) is 0 Å². The molecule has 1 rings (SSSR count). The molecule has 78 valence electrons. The molecule has 15 heavy (non-hydrogen) atoms. The van der Waals surface area contributed by atoms with Crippen molar-refractivity contribution in [2.24, 2.45) is 0 Å². The van der Waals surface area contributed by atoms with Gasteiger partial charge in [0.1, 0.15) is 11.9 Å². The average molecular weight is 205 g/mol. The van der Waals surface area contributed by atoms with Gasteiger partial charge in [0.2, 0.25) is 0 Å². The fourth-order valence-corrected chi connectivity index (χ4v) is 1.09. The third kappa shape index (κ3) is 3.53. The topological polar surface area (TPSA) is 33.0 Å². The highest BCUT2D eigenvalue weighted by Gasteiger charge is 2.02. The minimum atomic E-state index is -0.491. The highest BCUT2D eigenvalue weighted by Crippen LogP contribution is 2.10. The zero-order chi connectivity index (χ0) is 11.1. The van der Waals surface area contributed by atoms with Crippen LogP contribution in [0.25, 0.3) is 0 Å². The van der Waals surface area contributed by atoms with Crippen molar-refractivity contribution in [3.8, 4) is 6.07 Å². The number of ether oxygens (including phenoxy) is 1. The van der Waals surface area contributed by atoms with Crippen LogP contribution < -0.4 is 0 Å². The summed E-state index contributed by atoms with van der Waals surface area (Å²) in [6.45, 7) is 2.82. The summed E-state index contributed by atoms with van der Waals surface area (Å²) in [6.07, 6.45) is 3.78.